The minimum Gasteiger partial charge on any atom is -0.379 e. The van der Waals surface area contributed by atoms with Crippen LogP contribution in [0.15, 0.2) is 35.3 Å². The molecule has 0 radical (unpaired) electrons. The summed E-state index contributed by atoms with van der Waals surface area (Å²) in [5.41, 5.74) is 6.69. The summed E-state index contributed by atoms with van der Waals surface area (Å²) in [7, 11) is 0. The molecular weight excluding hydrogens is 214 g/mol. The van der Waals surface area contributed by atoms with E-state index in [0.29, 0.717) is 19.1 Å². The molecule has 1 aliphatic carbocycles. The molecule has 1 aliphatic rings. The van der Waals surface area contributed by atoms with Gasteiger partial charge in [-0.2, -0.15) is 0 Å². The van der Waals surface area contributed by atoms with Crippen molar-refractivity contribution in [3.8, 4) is 0 Å². The van der Waals surface area contributed by atoms with Gasteiger partial charge in [0.05, 0.1) is 13.2 Å². The van der Waals surface area contributed by atoms with Gasteiger partial charge in [0.1, 0.15) is 0 Å². The van der Waals surface area contributed by atoms with Crippen LogP contribution in [0.4, 0.5) is 5.69 Å². The third-order valence-electron chi connectivity index (χ3n) is 2.61. The molecule has 1 saturated carbocycles. The second kappa shape index (κ2) is 6.25. The van der Waals surface area contributed by atoms with Crippen LogP contribution in [0.3, 0.4) is 0 Å². The zero-order chi connectivity index (χ0) is 11.9. The van der Waals surface area contributed by atoms with Gasteiger partial charge in [-0.05, 0) is 30.9 Å². The second-order valence-corrected chi connectivity index (χ2v) is 4.28. The maximum atomic E-state index is 5.74. The molecule has 0 bridgehead atoms. The number of rotatable bonds is 6. The highest BCUT2D eigenvalue weighted by atomic mass is 16.5. The summed E-state index contributed by atoms with van der Waals surface area (Å²) >= 11 is 0. The molecule has 0 aromatic heterocycles. The van der Waals surface area contributed by atoms with E-state index in [4.69, 9.17) is 10.5 Å². The van der Waals surface area contributed by atoms with Gasteiger partial charge in [0, 0.05) is 12.3 Å². The van der Waals surface area contributed by atoms with Gasteiger partial charge in [0.15, 0.2) is 5.96 Å². The lowest BCUT2D eigenvalue weighted by Gasteiger charge is -2.05. The van der Waals surface area contributed by atoms with Crippen molar-refractivity contribution in [2.75, 3.05) is 25.1 Å². The van der Waals surface area contributed by atoms with Crippen molar-refractivity contribution in [1.82, 2.24) is 0 Å². The van der Waals surface area contributed by atoms with E-state index in [1.807, 2.05) is 30.3 Å². The number of hydrogen-bond acceptors (Lipinski definition) is 2. The van der Waals surface area contributed by atoms with Crippen molar-refractivity contribution in [1.29, 1.82) is 0 Å². The summed E-state index contributed by atoms with van der Waals surface area (Å²) in [6.07, 6.45) is 2.64. The molecule has 0 spiro atoms. The molecule has 0 aliphatic heterocycles. The first kappa shape index (κ1) is 11.9. The number of nitrogens with one attached hydrogen (secondary N) is 1. The highest BCUT2D eigenvalue weighted by molar-refractivity contribution is 5.92. The molecule has 0 heterocycles. The van der Waals surface area contributed by atoms with E-state index in [2.05, 4.69) is 10.3 Å². The molecule has 2 rings (SSSR count). The fraction of sp³-hybridized carbons (Fsp3) is 0.462. The van der Waals surface area contributed by atoms with Gasteiger partial charge in [-0.25, -0.2) is 0 Å². The Labute approximate surface area is 102 Å². The summed E-state index contributed by atoms with van der Waals surface area (Å²) < 4.78 is 5.47. The Balaban J connectivity index is 1.62. The van der Waals surface area contributed by atoms with Gasteiger partial charge in [-0.15, -0.1) is 0 Å². The Hall–Kier alpha value is -1.55. The Morgan fingerprint density at radius 2 is 2.12 bits per heavy atom. The molecule has 1 aromatic carbocycles. The smallest absolute Gasteiger partial charge is 0.193 e. The number of guanidine groups is 1. The van der Waals surface area contributed by atoms with Crippen LogP contribution in [0.2, 0.25) is 0 Å². The third kappa shape index (κ3) is 4.87. The predicted molar refractivity (Wildman–Crippen MR) is 70.1 cm³/mol. The van der Waals surface area contributed by atoms with Crippen molar-refractivity contribution in [3.63, 3.8) is 0 Å². The van der Waals surface area contributed by atoms with E-state index in [0.717, 1.165) is 18.2 Å². The van der Waals surface area contributed by atoms with Crippen molar-refractivity contribution in [2.45, 2.75) is 12.8 Å². The lowest BCUT2D eigenvalue weighted by molar-refractivity contribution is 0.132. The average molecular weight is 233 g/mol. The second-order valence-electron chi connectivity index (χ2n) is 4.28. The minimum absolute atomic E-state index is 0.436. The maximum Gasteiger partial charge on any atom is 0.193 e. The molecule has 4 nitrogen and oxygen atoms in total. The first-order valence-corrected chi connectivity index (χ1v) is 6.04. The summed E-state index contributed by atoms with van der Waals surface area (Å²) in [6.45, 7) is 2.13. The topological polar surface area (TPSA) is 59.6 Å². The Morgan fingerprint density at radius 3 is 2.82 bits per heavy atom. The summed E-state index contributed by atoms with van der Waals surface area (Å²) in [5.74, 6) is 1.24. The summed E-state index contributed by atoms with van der Waals surface area (Å²) in [6, 6.07) is 9.77. The molecule has 92 valence electrons. The van der Waals surface area contributed by atoms with E-state index in [9.17, 15) is 0 Å². The quantitative estimate of drug-likeness (QED) is 0.448. The number of nitrogens with two attached hydrogens (primary N) is 1. The van der Waals surface area contributed by atoms with Gasteiger partial charge in [0.2, 0.25) is 0 Å². The molecule has 1 aromatic rings. The molecular formula is C13H19N3O. The van der Waals surface area contributed by atoms with Crippen LogP contribution in [-0.4, -0.2) is 25.7 Å². The SMILES string of the molecule is NC(=NCCOCC1CC1)Nc1ccccc1. The Bertz CT molecular complexity index is 360. The minimum atomic E-state index is 0.436. The van der Waals surface area contributed by atoms with Crippen LogP contribution in [0.5, 0.6) is 0 Å². The molecule has 17 heavy (non-hydrogen) atoms. The zero-order valence-corrected chi connectivity index (χ0v) is 9.93. The van der Waals surface area contributed by atoms with Crippen molar-refractivity contribution in [2.24, 2.45) is 16.6 Å². The zero-order valence-electron chi connectivity index (χ0n) is 9.93. The van der Waals surface area contributed by atoms with Crippen LogP contribution >= 0.6 is 0 Å². The average Bonchev–Trinajstić information content (AvgIpc) is 3.14. The van der Waals surface area contributed by atoms with E-state index in [-0.39, 0.29) is 0 Å². The number of hydrogen-bond donors (Lipinski definition) is 2. The van der Waals surface area contributed by atoms with Crippen LogP contribution < -0.4 is 11.1 Å². The van der Waals surface area contributed by atoms with E-state index in [1.54, 1.807) is 0 Å². The van der Waals surface area contributed by atoms with Crippen LogP contribution in [0.1, 0.15) is 12.8 Å². The fourth-order valence-corrected chi connectivity index (χ4v) is 1.47. The normalized spacial score (nSPS) is 15.9. The largest absolute Gasteiger partial charge is 0.379 e. The van der Waals surface area contributed by atoms with Crippen molar-refractivity contribution in [3.05, 3.63) is 30.3 Å². The number of ether oxygens (including phenoxy) is 1. The molecule has 0 atom stereocenters. The first-order chi connectivity index (χ1) is 8.34. The predicted octanol–water partition coefficient (Wildman–Crippen LogP) is 1.84. The highest BCUT2D eigenvalue weighted by Crippen LogP contribution is 2.28. The highest BCUT2D eigenvalue weighted by Gasteiger charge is 2.20. The van der Waals surface area contributed by atoms with E-state index in [1.165, 1.54) is 12.8 Å². The van der Waals surface area contributed by atoms with Crippen LogP contribution in [0.25, 0.3) is 0 Å². The van der Waals surface area contributed by atoms with Crippen LogP contribution in [-0.2, 0) is 4.74 Å². The fourth-order valence-electron chi connectivity index (χ4n) is 1.47. The number of aliphatic imine (C=N–C) groups is 1. The summed E-state index contributed by atoms with van der Waals surface area (Å²) in [4.78, 5) is 4.20. The summed E-state index contributed by atoms with van der Waals surface area (Å²) in [5, 5.41) is 3.03. The monoisotopic (exact) mass is 233 g/mol. The maximum absolute atomic E-state index is 5.74. The Kier molecular flexibility index (Phi) is 4.38. The molecule has 4 heteroatoms. The van der Waals surface area contributed by atoms with Crippen molar-refractivity contribution < 1.29 is 4.74 Å². The number of nitrogens with zero attached hydrogens (tertiary/aromatic N) is 1. The lowest BCUT2D eigenvalue weighted by atomic mass is 10.3. The molecule has 0 unspecified atom stereocenters. The number of anilines is 1. The lowest BCUT2D eigenvalue weighted by Crippen LogP contribution is -2.23. The van der Waals surface area contributed by atoms with Gasteiger partial charge >= 0.3 is 0 Å². The third-order valence-corrected chi connectivity index (χ3v) is 2.61. The number of para-hydroxylation sites is 1. The van der Waals surface area contributed by atoms with Gasteiger partial charge in [-0.3, -0.25) is 4.99 Å². The van der Waals surface area contributed by atoms with Crippen LogP contribution in [0, 0.1) is 5.92 Å². The van der Waals surface area contributed by atoms with E-state index < -0.39 is 0 Å². The molecule has 0 saturated heterocycles. The first-order valence-electron chi connectivity index (χ1n) is 6.04. The Morgan fingerprint density at radius 1 is 1.35 bits per heavy atom. The van der Waals surface area contributed by atoms with Gasteiger partial charge in [0.25, 0.3) is 0 Å². The van der Waals surface area contributed by atoms with E-state index >= 15 is 0 Å². The standard InChI is InChI=1S/C13H19N3O/c14-13(16-12-4-2-1-3-5-12)15-8-9-17-10-11-6-7-11/h1-5,11H,6-10H2,(H3,14,15,16). The molecule has 0 amide bonds. The van der Waals surface area contributed by atoms with Crippen molar-refractivity contribution >= 4 is 11.6 Å². The molecule has 3 N–H and O–H groups in total. The number of benzene rings is 1. The molecule has 1 fully saturated rings. The van der Waals surface area contributed by atoms with Gasteiger partial charge < -0.3 is 15.8 Å². The van der Waals surface area contributed by atoms with Gasteiger partial charge in [-0.1, -0.05) is 18.2 Å².